The molecule has 1 aromatic carbocycles. The maximum absolute atomic E-state index is 11.2. The van der Waals surface area contributed by atoms with Crippen molar-refractivity contribution >= 4 is 16.9 Å². The fraction of sp³-hybridized carbons (Fsp3) is 0.357. The summed E-state index contributed by atoms with van der Waals surface area (Å²) < 4.78 is 7.44. The predicted octanol–water partition coefficient (Wildman–Crippen LogP) is 3.15. The molecule has 1 aromatic heterocycles. The minimum Gasteiger partial charge on any atom is -0.493 e. The number of hydrogen-bond acceptors (Lipinski definition) is 2. The number of carboxylic acids is 1. The Hall–Kier alpha value is -1.97. The minimum atomic E-state index is -0.908. The van der Waals surface area contributed by atoms with Crippen LogP contribution < -0.4 is 4.74 Å². The van der Waals surface area contributed by atoms with Crippen molar-refractivity contribution in [1.29, 1.82) is 0 Å². The van der Waals surface area contributed by atoms with Gasteiger partial charge in [0.15, 0.2) is 0 Å². The van der Waals surface area contributed by atoms with Crippen molar-refractivity contribution in [3.8, 4) is 5.75 Å². The molecule has 2 rings (SSSR count). The summed E-state index contributed by atoms with van der Waals surface area (Å²) in [5.74, 6) is -0.154. The van der Waals surface area contributed by atoms with Crippen LogP contribution in [0.2, 0.25) is 0 Å². The van der Waals surface area contributed by atoms with Crippen LogP contribution >= 0.6 is 0 Å². The first-order chi connectivity index (χ1) is 8.69. The van der Waals surface area contributed by atoms with E-state index in [0.29, 0.717) is 18.8 Å². The number of carbonyl (C=O) groups is 1. The van der Waals surface area contributed by atoms with Gasteiger partial charge in [0.2, 0.25) is 0 Å². The maximum atomic E-state index is 11.2. The lowest BCUT2D eigenvalue weighted by Gasteiger charge is -2.07. The Morgan fingerprint density at radius 3 is 2.78 bits per heavy atom. The van der Waals surface area contributed by atoms with E-state index in [1.807, 2.05) is 32.0 Å². The average molecular weight is 247 g/mol. The molecule has 0 aliphatic rings. The highest BCUT2D eigenvalue weighted by Gasteiger charge is 2.15. The molecule has 4 heteroatoms. The normalized spacial score (nSPS) is 10.8. The quantitative estimate of drug-likeness (QED) is 0.883. The third kappa shape index (κ3) is 2.06. The maximum Gasteiger partial charge on any atom is 0.352 e. The standard InChI is InChI=1S/C14H17NO3/c1-3-8-18-13-7-5-6-11-10(13)9-12(14(16)17)15(11)4-2/h5-7,9H,3-4,8H2,1-2H3,(H,16,17). The van der Waals surface area contributed by atoms with Crippen molar-refractivity contribution in [1.82, 2.24) is 4.57 Å². The molecule has 0 unspecified atom stereocenters. The molecule has 0 aliphatic heterocycles. The van der Waals surface area contributed by atoms with Gasteiger partial charge in [-0.3, -0.25) is 0 Å². The number of aromatic nitrogens is 1. The molecule has 0 spiro atoms. The number of nitrogens with zero attached hydrogens (tertiary/aromatic N) is 1. The third-order valence-electron chi connectivity index (χ3n) is 2.90. The van der Waals surface area contributed by atoms with E-state index in [9.17, 15) is 9.90 Å². The fourth-order valence-corrected chi connectivity index (χ4v) is 2.11. The highest BCUT2D eigenvalue weighted by molar-refractivity contribution is 5.97. The SMILES string of the molecule is CCCOc1cccc2c1cc(C(=O)O)n2CC. The van der Waals surface area contributed by atoms with E-state index in [2.05, 4.69) is 0 Å². The number of hydrogen-bond donors (Lipinski definition) is 1. The molecular formula is C14H17NO3. The monoisotopic (exact) mass is 247 g/mol. The average Bonchev–Trinajstić information content (AvgIpc) is 2.75. The van der Waals surface area contributed by atoms with Crippen LogP contribution in [0.1, 0.15) is 30.8 Å². The zero-order valence-electron chi connectivity index (χ0n) is 10.6. The zero-order valence-corrected chi connectivity index (χ0v) is 10.6. The number of benzene rings is 1. The summed E-state index contributed by atoms with van der Waals surface area (Å²) in [5, 5.41) is 10.1. The molecule has 1 N–H and O–H groups in total. The lowest BCUT2D eigenvalue weighted by molar-refractivity contribution is 0.0686. The van der Waals surface area contributed by atoms with Gasteiger partial charge in [-0.25, -0.2) is 4.79 Å². The molecular weight excluding hydrogens is 230 g/mol. The van der Waals surface area contributed by atoms with Crippen molar-refractivity contribution < 1.29 is 14.6 Å². The number of carboxylic acid groups (broad SMARTS) is 1. The predicted molar refractivity (Wildman–Crippen MR) is 70.4 cm³/mol. The summed E-state index contributed by atoms with van der Waals surface area (Å²) in [6.07, 6.45) is 0.927. The Morgan fingerprint density at radius 2 is 2.17 bits per heavy atom. The van der Waals surface area contributed by atoms with Gasteiger partial charge < -0.3 is 14.4 Å². The zero-order chi connectivity index (χ0) is 13.1. The molecule has 0 aliphatic carbocycles. The van der Waals surface area contributed by atoms with E-state index in [0.717, 1.165) is 23.1 Å². The van der Waals surface area contributed by atoms with Gasteiger partial charge in [-0.2, -0.15) is 0 Å². The van der Waals surface area contributed by atoms with Crippen molar-refractivity contribution in [2.45, 2.75) is 26.8 Å². The van der Waals surface area contributed by atoms with E-state index >= 15 is 0 Å². The van der Waals surface area contributed by atoms with E-state index in [-0.39, 0.29) is 0 Å². The van der Waals surface area contributed by atoms with Gasteiger partial charge in [-0.05, 0) is 31.5 Å². The number of aromatic carboxylic acids is 1. The number of fused-ring (bicyclic) bond motifs is 1. The highest BCUT2D eigenvalue weighted by atomic mass is 16.5. The van der Waals surface area contributed by atoms with Crippen LogP contribution in [0.15, 0.2) is 24.3 Å². The second kappa shape index (κ2) is 5.12. The molecule has 2 aromatic rings. The molecule has 4 nitrogen and oxygen atoms in total. The first-order valence-corrected chi connectivity index (χ1v) is 6.17. The second-order valence-electron chi connectivity index (χ2n) is 4.12. The second-order valence-corrected chi connectivity index (χ2v) is 4.12. The Kier molecular flexibility index (Phi) is 3.55. The van der Waals surface area contributed by atoms with Gasteiger partial charge in [-0.1, -0.05) is 13.0 Å². The lowest BCUT2D eigenvalue weighted by Crippen LogP contribution is -2.06. The van der Waals surface area contributed by atoms with Crippen LogP contribution in [0, 0.1) is 0 Å². The summed E-state index contributed by atoms with van der Waals surface area (Å²) in [4.78, 5) is 11.2. The van der Waals surface area contributed by atoms with E-state index in [4.69, 9.17) is 4.74 Å². The Bertz CT molecular complexity index is 572. The summed E-state index contributed by atoms with van der Waals surface area (Å²) >= 11 is 0. The topological polar surface area (TPSA) is 51.5 Å². The smallest absolute Gasteiger partial charge is 0.352 e. The van der Waals surface area contributed by atoms with Crippen LogP contribution in [0.4, 0.5) is 0 Å². The molecule has 0 fully saturated rings. The molecule has 18 heavy (non-hydrogen) atoms. The highest BCUT2D eigenvalue weighted by Crippen LogP contribution is 2.29. The van der Waals surface area contributed by atoms with Crippen LogP contribution in [0.25, 0.3) is 10.9 Å². The number of ether oxygens (including phenoxy) is 1. The largest absolute Gasteiger partial charge is 0.493 e. The van der Waals surface area contributed by atoms with E-state index in [1.165, 1.54) is 0 Å². The van der Waals surface area contributed by atoms with Crippen molar-refractivity contribution in [2.24, 2.45) is 0 Å². The molecule has 0 saturated heterocycles. The van der Waals surface area contributed by atoms with Gasteiger partial charge in [0, 0.05) is 11.9 Å². The van der Waals surface area contributed by atoms with Crippen LogP contribution in [-0.4, -0.2) is 22.2 Å². The van der Waals surface area contributed by atoms with Crippen molar-refractivity contribution in [3.05, 3.63) is 30.0 Å². The van der Waals surface area contributed by atoms with Gasteiger partial charge in [0.05, 0.1) is 12.1 Å². The molecule has 0 bridgehead atoms. The van der Waals surface area contributed by atoms with E-state index < -0.39 is 5.97 Å². The van der Waals surface area contributed by atoms with Crippen molar-refractivity contribution in [2.75, 3.05) is 6.61 Å². The van der Waals surface area contributed by atoms with Crippen LogP contribution in [0.5, 0.6) is 5.75 Å². The van der Waals surface area contributed by atoms with Crippen LogP contribution in [0.3, 0.4) is 0 Å². The third-order valence-corrected chi connectivity index (χ3v) is 2.90. The van der Waals surface area contributed by atoms with Gasteiger partial charge in [0.25, 0.3) is 0 Å². The Balaban J connectivity index is 2.59. The van der Waals surface area contributed by atoms with Gasteiger partial charge in [-0.15, -0.1) is 0 Å². The molecule has 96 valence electrons. The summed E-state index contributed by atoms with van der Waals surface area (Å²) in [6.45, 7) is 5.24. The molecule has 1 heterocycles. The van der Waals surface area contributed by atoms with E-state index in [1.54, 1.807) is 10.6 Å². The summed E-state index contributed by atoms with van der Waals surface area (Å²) in [5.41, 5.74) is 1.21. The molecule has 0 radical (unpaired) electrons. The molecule has 0 saturated carbocycles. The first-order valence-electron chi connectivity index (χ1n) is 6.17. The fourth-order valence-electron chi connectivity index (χ4n) is 2.11. The Morgan fingerprint density at radius 1 is 1.39 bits per heavy atom. The first kappa shape index (κ1) is 12.5. The molecule has 0 amide bonds. The van der Waals surface area contributed by atoms with Gasteiger partial charge >= 0.3 is 5.97 Å². The minimum absolute atomic E-state index is 0.306. The summed E-state index contributed by atoms with van der Waals surface area (Å²) in [7, 11) is 0. The number of rotatable bonds is 5. The lowest BCUT2D eigenvalue weighted by atomic mass is 10.2. The van der Waals surface area contributed by atoms with Gasteiger partial charge in [0.1, 0.15) is 11.4 Å². The Labute approximate surface area is 106 Å². The molecule has 0 atom stereocenters. The number of aryl methyl sites for hydroxylation is 1. The van der Waals surface area contributed by atoms with Crippen LogP contribution in [-0.2, 0) is 6.54 Å². The summed E-state index contributed by atoms with van der Waals surface area (Å²) in [6, 6.07) is 7.38. The van der Waals surface area contributed by atoms with Crippen molar-refractivity contribution in [3.63, 3.8) is 0 Å².